The maximum absolute atomic E-state index is 6.37. The van der Waals surface area contributed by atoms with Crippen molar-refractivity contribution in [1.29, 1.82) is 0 Å². The van der Waals surface area contributed by atoms with E-state index in [4.69, 9.17) is 9.47 Å². The third-order valence-electron chi connectivity index (χ3n) is 4.69. The first-order valence-electron chi connectivity index (χ1n) is 7.89. The molecule has 5 unspecified atom stereocenters. The second-order valence-electron chi connectivity index (χ2n) is 7.26. The fraction of sp³-hybridized carbons (Fsp3) is 1.00. The lowest BCUT2D eigenvalue weighted by molar-refractivity contribution is -0.179. The monoisotopic (exact) mass is 269 g/mol. The number of likely N-dealkylation sites (N-methyl/N-ethyl adjacent to an activating group) is 1. The SMILES string of the molecule is CCOC1C(NC)CC1OC1CC(C)CC(C)(C)C1. The Kier molecular flexibility index (Phi) is 4.91. The molecule has 0 aromatic rings. The zero-order chi connectivity index (χ0) is 14.0. The van der Waals surface area contributed by atoms with Gasteiger partial charge in [-0.3, -0.25) is 0 Å². The van der Waals surface area contributed by atoms with Crippen LogP contribution in [0.15, 0.2) is 0 Å². The normalized spacial score (nSPS) is 41.8. The van der Waals surface area contributed by atoms with E-state index in [9.17, 15) is 0 Å². The van der Waals surface area contributed by atoms with Crippen LogP contribution in [-0.4, -0.2) is 38.0 Å². The number of rotatable bonds is 5. The maximum atomic E-state index is 6.37. The molecule has 0 aromatic heterocycles. The molecule has 5 atom stereocenters. The molecule has 0 aliphatic heterocycles. The van der Waals surface area contributed by atoms with Gasteiger partial charge in [0.25, 0.3) is 0 Å². The van der Waals surface area contributed by atoms with E-state index in [1.807, 2.05) is 7.05 Å². The van der Waals surface area contributed by atoms with Gasteiger partial charge < -0.3 is 14.8 Å². The first-order chi connectivity index (χ1) is 8.95. The summed E-state index contributed by atoms with van der Waals surface area (Å²) in [6.45, 7) is 9.93. The van der Waals surface area contributed by atoms with Crippen LogP contribution in [0.1, 0.15) is 53.4 Å². The number of ether oxygens (including phenoxy) is 2. The van der Waals surface area contributed by atoms with E-state index in [2.05, 4.69) is 33.0 Å². The van der Waals surface area contributed by atoms with Crippen LogP contribution >= 0.6 is 0 Å². The van der Waals surface area contributed by atoms with Crippen molar-refractivity contribution in [3.8, 4) is 0 Å². The molecule has 19 heavy (non-hydrogen) atoms. The molecule has 2 fully saturated rings. The molecule has 0 heterocycles. The highest BCUT2D eigenvalue weighted by molar-refractivity contribution is 4.98. The van der Waals surface area contributed by atoms with Gasteiger partial charge in [-0.25, -0.2) is 0 Å². The van der Waals surface area contributed by atoms with Gasteiger partial charge in [-0.15, -0.1) is 0 Å². The van der Waals surface area contributed by atoms with E-state index in [0.29, 0.717) is 23.7 Å². The van der Waals surface area contributed by atoms with Crippen molar-refractivity contribution in [1.82, 2.24) is 5.32 Å². The minimum atomic E-state index is 0.246. The predicted molar refractivity (Wildman–Crippen MR) is 78.3 cm³/mol. The lowest BCUT2D eigenvalue weighted by Crippen LogP contribution is -2.60. The fourth-order valence-electron chi connectivity index (χ4n) is 4.02. The maximum Gasteiger partial charge on any atom is 0.0990 e. The van der Waals surface area contributed by atoms with Gasteiger partial charge in [-0.2, -0.15) is 0 Å². The smallest absolute Gasteiger partial charge is 0.0990 e. The number of hydrogen-bond donors (Lipinski definition) is 1. The van der Waals surface area contributed by atoms with E-state index in [1.54, 1.807) is 0 Å². The Hall–Kier alpha value is -0.120. The highest BCUT2D eigenvalue weighted by Gasteiger charge is 2.44. The molecular weight excluding hydrogens is 238 g/mol. The largest absolute Gasteiger partial charge is 0.374 e. The predicted octanol–water partition coefficient (Wildman–Crippen LogP) is 2.98. The van der Waals surface area contributed by atoms with Crippen LogP contribution in [0.5, 0.6) is 0 Å². The second-order valence-corrected chi connectivity index (χ2v) is 7.26. The van der Waals surface area contributed by atoms with Crippen LogP contribution < -0.4 is 5.32 Å². The number of nitrogens with one attached hydrogen (secondary N) is 1. The Labute approximate surface area is 118 Å². The molecule has 0 bridgehead atoms. The second kappa shape index (κ2) is 6.11. The average Bonchev–Trinajstić information content (AvgIpc) is 2.28. The zero-order valence-corrected chi connectivity index (χ0v) is 13.2. The molecule has 2 aliphatic rings. The summed E-state index contributed by atoms with van der Waals surface area (Å²) in [5.74, 6) is 0.777. The first-order valence-corrected chi connectivity index (χ1v) is 7.89. The molecule has 0 amide bonds. The fourth-order valence-corrected chi connectivity index (χ4v) is 4.02. The molecule has 0 saturated heterocycles. The summed E-state index contributed by atoms with van der Waals surface area (Å²) in [5.41, 5.74) is 0.426. The van der Waals surface area contributed by atoms with Crippen molar-refractivity contribution in [3.05, 3.63) is 0 Å². The van der Waals surface area contributed by atoms with Crippen LogP contribution in [0.2, 0.25) is 0 Å². The van der Waals surface area contributed by atoms with Crippen molar-refractivity contribution in [2.24, 2.45) is 11.3 Å². The molecule has 112 valence electrons. The van der Waals surface area contributed by atoms with E-state index < -0.39 is 0 Å². The summed E-state index contributed by atoms with van der Waals surface area (Å²) >= 11 is 0. The van der Waals surface area contributed by atoms with Gasteiger partial charge >= 0.3 is 0 Å². The molecule has 3 heteroatoms. The Morgan fingerprint density at radius 3 is 2.53 bits per heavy atom. The molecule has 1 N–H and O–H groups in total. The van der Waals surface area contributed by atoms with Gasteiger partial charge in [0, 0.05) is 12.6 Å². The first kappa shape index (κ1) is 15.3. The average molecular weight is 269 g/mol. The molecule has 2 saturated carbocycles. The van der Waals surface area contributed by atoms with Gasteiger partial charge in [0.2, 0.25) is 0 Å². The lowest BCUT2D eigenvalue weighted by Gasteiger charge is -2.47. The Morgan fingerprint density at radius 1 is 1.21 bits per heavy atom. The van der Waals surface area contributed by atoms with Crippen molar-refractivity contribution in [2.45, 2.75) is 77.7 Å². The van der Waals surface area contributed by atoms with Gasteiger partial charge in [0.1, 0.15) is 0 Å². The third-order valence-corrected chi connectivity index (χ3v) is 4.69. The van der Waals surface area contributed by atoms with Crippen LogP contribution in [0.4, 0.5) is 0 Å². The van der Waals surface area contributed by atoms with E-state index in [1.165, 1.54) is 19.3 Å². The van der Waals surface area contributed by atoms with Crippen molar-refractivity contribution >= 4 is 0 Å². The highest BCUT2D eigenvalue weighted by Crippen LogP contribution is 2.41. The van der Waals surface area contributed by atoms with Crippen molar-refractivity contribution < 1.29 is 9.47 Å². The Balaban J connectivity index is 1.87. The van der Waals surface area contributed by atoms with Crippen LogP contribution in [0.3, 0.4) is 0 Å². The standard InChI is InChI=1S/C16H31NO2/c1-6-18-15-13(17-5)8-14(15)19-12-7-11(2)9-16(3,4)10-12/h11-15,17H,6-10H2,1-5H3. The summed E-state index contributed by atoms with van der Waals surface area (Å²) in [6.07, 6.45) is 5.78. The highest BCUT2D eigenvalue weighted by atomic mass is 16.6. The summed E-state index contributed by atoms with van der Waals surface area (Å²) in [6, 6.07) is 0.471. The number of hydrogen-bond acceptors (Lipinski definition) is 3. The molecule has 0 radical (unpaired) electrons. The molecule has 0 spiro atoms. The zero-order valence-electron chi connectivity index (χ0n) is 13.2. The Bertz CT molecular complexity index is 292. The summed E-state index contributed by atoms with van der Waals surface area (Å²) in [4.78, 5) is 0. The van der Waals surface area contributed by atoms with Crippen LogP contribution in [-0.2, 0) is 9.47 Å². The summed E-state index contributed by atoms with van der Waals surface area (Å²) in [5, 5.41) is 3.32. The van der Waals surface area contributed by atoms with Gasteiger partial charge in [-0.05, 0) is 51.0 Å². The Morgan fingerprint density at radius 2 is 1.95 bits per heavy atom. The molecular formula is C16H31NO2. The topological polar surface area (TPSA) is 30.5 Å². The molecule has 2 rings (SSSR count). The van der Waals surface area contributed by atoms with Gasteiger partial charge in [-0.1, -0.05) is 20.8 Å². The van der Waals surface area contributed by atoms with Crippen molar-refractivity contribution in [2.75, 3.05) is 13.7 Å². The van der Waals surface area contributed by atoms with E-state index >= 15 is 0 Å². The van der Waals surface area contributed by atoms with E-state index in [-0.39, 0.29) is 6.10 Å². The third kappa shape index (κ3) is 3.71. The quantitative estimate of drug-likeness (QED) is 0.832. The summed E-state index contributed by atoms with van der Waals surface area (Å²) in [7, 11) is 2.01. The van der Waals surface area contributed by atoms with Crippen molar-refractivity contribution in [3.63, 3.8) is 0 Å². The van der Waals surface area contributed by atoms with E-state index in [0.717, 1.165) is 18.9 Å². The molecule has 3 nitrogen and oxygen atoms in total. The van der Waals surface area contributed by atoms with Crippen LogP contribution in [0, 0.1) is 11.3 Å². The molecule has 2 aliphatic carbocycles. The summed E-state index contributed by atoms with van der Waals surface area (Å²) < 4.78 is 12.2. The minimum absolute atomic E-state index is 0.246. The van der Waals surface area contributed by atoms with Gasteiger partial charge in [0.05, 0.1) is 18.3 Å². The minimum Gasteiger partial charge on any atom is -0.374 e. The molecule has 0 aromatic carbocycles. The van der Waals surface area contributed by atoms with Gasteiger partial charge in [0.15, 0.2) is 0 Å². The van der Waals surface area contributed by atoms with Crippen LogP contribution in [0.25, 0.3) is 0 Å². The lowest BCUT2D eigenvalue weighted by atomic mass is 9.71.